The van der Waals surface area contributed by atoms with Crippen molar-refractivity contribution in [2.45, 2.75) is 20.3 Å². The Morgan fingerprint density at radius 1 is 1.04 bits per heavy atom. The molecular weight excluding hydrogens is 302 g/mol. The molecule has 0 aliphatic rings. The second kappa shape index (κ2) is 7.97. The van der Waals surface area contributed by atoms with Gasteiger partial charge in [-0.15, -0.1) is 0 Å². The molecule has 0 bridgehead atoms. The summed E-state index contributed by atoms with van der Waals surface area (Å²) in [5, 5.41) is 7.15. The van der Waals surface area contributed by atoms with Crippen LogP contribution in [0.15, 0.2) is 42.5 Å². The third-order valence-corrected chi connectivity index (χ3v) is 4.07. The minimum Gasteiger partial charge on any atom is -0.378 e. The number of anilines is 2. The first-order valence-electron chi connectivity index (χ1n) is 7.84. The lowest BCUT2D eigenvalue weighted by atomic mass is 10.0. The molecule has 2 aromatic carbocycles. The maximum atomic E-state index is 5.36. The number of benzene rings is 2. The van der Waals surface area contributed by atoms with E-state index in [1.165, 1.54) is 22.4 Å². The molecule has 0 aliphatic heterocycles. The van der Waals surface area contributed by atoms with Crippen LogP contribution in [-0.2, 0) is 6.42 Å². The quantitative estimate of drug-likeness (QED) is 0.815. The number of nitrogens with zero attached hydrogens (tertiary/aromatic N) is 1. The Kier molecular flexibility index (Phi) is 5.99. The van der Waals surface area contributed by atoms with E-state index in [0.717, 1.165) is 18.7 Å². The van der Waals surface area contributed by atoms with E-state index in [2.05, 4.69) is 59.7 Å². The van der Waals surface area contributed by atoms with E-state index in [0.29, 0.717) is 5.11 Å². The fourth-order valence-electron chi connectivity index (χ4n) is 2.46. The van der Waals surface area contributed by atoms with Crippen LogP contribution < -0.4 is 15.5 Å². The van der Waals surface area contributed by atoms with Gasteiger partial charge in [-0.1, -0.05) is 23.8 Å². The molecule has 3 nitrogen and oxygen atoms in total. The average molecular weight is 327 g/mol. The van der Waals surface area contributed by atoms with Crippen molar-refractivity contribution < 1.29 is 0 Å². The summed E-state index contributed by atoms with van der Waals surface area (Å²) in [6, 6.07) is 14.8. The molecule has 0 radical (unpaired) electrons. The predicted octanol–water partition coefficient (Wildman–Crippen LogP) is 3.90. The third-order valence-electron chi connectivity index (χ3n) is 3.82. The molecule has 0 aliphatic carbocycles. The lowest BCUT2D eigenvalue weighted by Gasteiger charge is -2.14. The van der Waals surface area contributed by atoms with Gasteiger partial charge in [0.25, 0.3) is 0 Å². The molecule has 4 heteroatoms. The molecule has 2 aromatic rings. The van der Waals surface area contributed by atoms with Gasteiger partial charge in [-0.2, -0.15) is 0 Å². The number of hydrogen-bond donors (Lipinski definition) is 2. The van der Waals surface area contributed by atoms with Crippen molar-refractivity contribution in [2.24, 2.45) is 0 Å². The molecule has 0 spiro atoms. The SMILES string of the molecule is Cc1ccc(CCNC(=S)Nc2ccc(N(C)C)cc2)c(C)c1. The van der Waals surface area contributed by atoms with Gasteiger partial charge >= 0.3 is 0 Å². The largest absolute Gasteiger partial charge is 0.378 e. The van der Waals surface area contributed by atoms with Gasteiger partial charge in [-0.05, 0) is 67.9 Å². The monoisotopic (exact) mass is 327 g/mol. The van der Waals surface area contributed by atoms with Crippen LogP contribution in [0, 0.1) is 13.8 Å². The van der Waals surface area contributed by atoms with E-state index >= 15 is 0 Å². The molecular formula is C19H25N3S. The van der Waals surface area contributed by atoms with Gasteiger partial charge in [-0.3, -0.25) is 0 Å². The van der Waals surface area contributed by atoms with E-state index in [-0.39, 0.29) is 0 Å². The van der Waals surface area contributed by atoms with Crippen LogP contribution in [0.25, 0.3) is 0 Å². The molecule has 0 saturated heterocycles. The summed E-state index contributed by atoms with van der Waals surface area (Å²) in [7, 11) is 4.06. The predicted molar refractivity (Wildman–Crippen MR) is 105 cm³/mol. The molecule has 0 saturated carbocycles. The van der Waals surface area contributed by atoms with Crippen LogP contribution >= 0.6 is 12.2 Å². The van der Waals surface area contributed by atoms with Gasteiger partial charge < -0.3 is 15.5 Å². The smallest absolute Gasteiger partial charge is 0.170 e. The summed E-state index contributed by atoms with van der Waals surface area (Å²) in [6.45, 7) is 5.10. The number of rotatable bonds is 5. The summed E-state index contributed by atoms with van der Waals surface area (Å²) in [5.41, 5.74) is 6.17. The number of nitrogens with one attached hydrogen (secondary N) is 2. The Balaban J connectivity index is 1.80. The lowest BCUT2D eigenvalue weighted by Crippen LogP contribution is -2.30. The molecule has 0 unspecified atom stereocenters. The standard InChI is InChI=1S/C19H25N3S/c1-14-5-6-16(15(2)13-14)11-12-20-19(23)21-17-7-9-18(10-8-17)22(3)4/h5-10,13H,11-12H2,1-4H3,(H2,20,21,23). The van der Waals surface area contributed by atoms with Crippen LogP contribution in [0.1, 0.15) is 16.7 Å². The van der Waals surface area contributed by atoms with E-state index in [1.54, 1.807) is 0 Å². The van der Waals surface area contributed by atoms with Crippen LogP contribution in [0.3, 0.4) is 0 Å². The first-order chi connectivity index (χ1) is 11.0. The van der Waals surface area contributed by atoms with Gasteiger partial charge in [0.2, 0.25) is 0 Å². The van der Waals surface area contributed by atoms with Crippen LogP contribution in [-0.4, -0.2) is 25.8 Å². The number of hydrogen-bond acceptors (Lipinski definition) is 2. The van der Waals surface area contributed by atoms with Crippen molar-refractivity contribution in [3.8, 4) is 0 Å². The van der Waals surface area contributed by atoms with Gasteiger partial charge in [0.15, 0.2) is 5.11 Å². The Labute approximate surface area is 144 Å². The van der Waals surface area contributed by atoms with Crippen LogP contribution in [0.4, 0.5) is 11.4 Å². The number of thiocarbonyl (C=S) groups is 1. The molecule has 2 rings (SSSR count). The van der Waals surface area contributed by atoms with Crippen LogP contribution in [0.5, 0.6) is 0 Å². The highest BCUT2D eigenvalue weighted by atomic mass is 32.1. The first kappa shape index (κ1) is 17.3. The zero-order valence-corrected chi connectivity index (χ0v) is 15.1. The van der Waals surface area contributed by atoms with Gasteiger partial charge in [0.05, 0.1) is 0 Å². The van der Waals surface area contributed by atoms with Gasteiger partial charge in [0, 0.05) is 32.0 Å². The van der Waals surface area contributed by atoms with E-state index < -0.39 is 0 Å². The minimum atomic E-state index is 0.660. The normalized spacial score (nSPS) is 10.3. The molecule has 122 valence electrons. The molecule has 0 amide bonds. The van der Waals surface area contributed by atoms with Gasteiger partial charge in [-0.25, -0.2) is 0 Å². The highest BCUT2D eigenvalue weighted by Crippen LogP contribution is 2.15. The van der Waals surface area contributed by atoms with Crippen molar-refractivity contribution in [1.82, 2.24) is 5.32 Å². The summed E-state index contributed by atoms with van der Waals surface area (Å²) >= 11 is 5.36. The second-order valence-electron chi connectivity index (χ2n) is 6.00. The molecule has 0 atom stereocenters. The summed E-state index contributed by atoms with van der Waals surface area (Å²) in [4.78, 5) is 2.07. The highest BCUT2D eigenvalue weighted by Gasteiger charge is 2.01. The topological polar surface area (TPSA) is 27.3 Å². The highest BCUT2D eigenvalue weighted by molar-refractivity contribution is 7.80. The van der Waals surface area contributed by atoms with Gasteiger partial charge in [0.1, 0.15) is 0 Å². The van der Waals surface area contributed by atoms with E-state index in [4.69, 9.17) is 12.2 Å². The summed E-state index contributed by atoms with van der Waals surface area (Å²) < 4.78 is 0. The van der Waals surface area contributed by atoms with Crippen molar-refractivity contribution in [2.75, 3.05) is 30.9 Å². The lowest BCUT2D eigenvalue weighted by molar-refractivity contribution is 0.867. The fraction of sp³-hybridized carbons (Fsp3) is 0.316. The Morgan fingerprint density at radius 2 is 1.74 bits per heavy atom. The van der Waals surface area contributed by atoms with Crippen molar-refractivity contribution in [3.05, 3.63) is 59.2 Å². The molecule has 2 N–H and O–H groups in total. The van der Waals surface area contributed by atoms with Crippen molar-refractivity contribution in [3.63, 3.8) is 0 Å². The Bertz CT molecular complexity index is 663. The van der Waals surface area contributed by atoms with E-state index in [1.807, 2.05) is 26.2 Å². The molecule has 23 heavy (non-hydrogen) atoms. The molecule has 0 fully saturated rings. The third kappa shape index (κ3) is 5.25. The van der Waals surface area contributed by atoms with Crippen molar-refractivity contribution >= 4 is 28.7 Å². The zero-order chi connectivity index (χ0) is 16.8. The Morgan fingerprint density at radius 3 is 2.35 bits per heavy atom. The van der Waals surface area contributed by atoms with Crippen molar-refractivity contribution in [1.29, 1.82) is 0 Å². The van der Waals surface area contributed by atoms with E-state index in [9.17, 15) is 0 Å². The summed E-state index contributed by atoms with van der Waals surface area (Å²) in [6.07, 6.45) is 0.966. The molecule has 0 heterocycles. The maximum absolute atomic E-state index is 5.36. The number of aryl methyl sites for hydroxylation is 2. The summed E-state index contributed by atoms with van der Waals surface area (Å²) in [5.74, 6) is 0. The fourth-order valence-corrected chi connectivity index (χ4v) is 2.68. The maximum Gasteiger partial charge on any atom is 0.170 e. The first-order valence-corrected chi connectivity index (χ1v) is 8.25. The van der Waals surface area contributed by atoms with Crippen LogP contribution in [0.2, 0.25) is 0 Å². The second-order valence-corrected chi connectivity index (χ2v) is 6.41. The average Bonchev–Trinajstić information content (AvgIpc) is 2.50. The molecule has 0 aromatic heterocycles. The minimum absolute atomic E-state index is 0.660. The zero-order valence-electron chi connectivity index (χ0n) is 14.3. The Hall–Kier alpha value is -2.07.